The van der Waals surface area contributed by atoms with E-state index in [1.54, 1.807) is 0 Å². The summed E-state index contributed by atoms with van der Waals surface area (Å²) < 4.78 is 19.4. The van der Waals surface area contributed by atoms with Crippen molar-refractivity contribution in [3.63, 3.8) is 0 Å². The molecular formula is C40H63NO3Si. The minimum absolute atomic E-state index is 0.586. The van der Waals surface area contributed by atoms with Crippen LogP contribution in [0.5, 0.6) is 17.2 Å². The third-order valence-corrected chi connectivity index (χ3v) is 8.77. The number of rotatable bonds is 26. The van der Waals surface area contributed by atoms with E-state index in [1.807, 2.05) is 12.3 Å². The maximum absolute atomic E-state index is 6.49. The molecule has 0 amide bonds. The quantitative estimate of drug-likeness (QED) is 0.0587. The minimum Gasteiger partial charge on any atom is -0.490 e. The highest BCUT2D eigenvalue weighted by molar-refractivity contribution is 6.47. The molecule has 1 heterocycles. The van der Waals surface area contributed by atoms with Crippen LogP contribution >= 0.6 is 0 Å². The van der Waals surface area contributed by atoms with Crippen LogP contribution in [0.25, 0.3) is 11.1 Å². The van der Waals surface area contributed by atoms with E-state index in [9.17, 15) is 0 Å². The average Bonchev–Trinajstić information content (AvgIpc) is 3.04. The standard InChI is InChI=1S/C40H63NO3Si/c1-6-9-12-15-18-21-27-42-38-31-36(35-24-25-37(41-33-35)26-30-45-34(4)5)32-39(43-28-22-19-16-13-10-7-2)40(38)44-29-23-20-17-14-11-8-3/h24-25,31-34H,6-23,27-29H2,1-5H3. The van der Waals surface area contributed by atoms with Crippen LogP contribution in [0.15, 0.2) is 30.5 Å². The number of benzene rings is 1. The Kier molecular flexibility index (Phi) is 22.1. The van der Waals surface area contributed by atoms with E-state index in [0.29, 0.717) is 34.9 Å². The summed E-state index contributed by atoms with van der Waals surface area (Å²) in [5.41, 5.74) is 6.74. The Morgan fingerprint density at radius 3 is 1.51 bits per heavy atom. The molecule has 0 saturated carbocycles. The molecule has 0 fully saturated rings. The maximum Gasteiger partial charge on any atom is 0.203 e. The fourth-order valence-electron chi connectivity index (χ4n) is 5.17. The summed E-state index contributed by atoms with van der Waals surface area (Å²) >= 11 is 0. The number of pyridine rings is 1. The Morgan fingerprint density at radius 2 is 1.07 bits per heavy atom. The number of ether oxygens (including phenoxy) is 3. The van der Waals surface area contributed by atoms with Crippen molar-refractivity contribution in [2.24, 2.45) is 0 Å². The van der Waals surface area contributed by atoms with Crippen LogP contribution in [-0.4, -0.2) is 34.3 Å². The van der Waals surface area contributed by atoms with Crippen LogP contribution in [0.1, 0.15) is 156 Å². The molecule has 2 radical (unpaired) electrons. The highest BCUT2D eigenvalue weighted by Gasteiger charge is 2.17. The van der Waals surface area contributed by atoms with Gasteiger partial charge in [-0.05, 0) is 48.6 Å². The van der Waals surface area contributed by atoms with E-state index in [4.69, 9.17) is 14.2 Å². The fourth-order valence-corrected chi connectivity index (χ4v) is 5.66. The van der Waals surface area contributed by atoms with Crippen molar-refractivity contribution in [3.05, 3.63) is 36.2 Å². The van der Waals surface area contributed by atoms with Crippen molar-refractivity contribution in [2.45, 2.75) is 156 Å². The van der Waals surface area contributed by atoms with Gasteiger partial charge in [-0.25, -0.2) is 4.98 Å². The molecule has 1 aromatic carbocycles. The predicted molar refractivity (Wildman–Crippen MR) is 194 cm³/mol. The SMILES string of the molecule is CCCCCCCCOc1cc(-c2ccc(C#C[Si]C(C)C)nc2)cc(OCCCCCCCC)c1OCCCCCCCC. The van der Waals surface area contributed by atoms with Gasteiger partial charge in [0.1, 0.15) is 5.69 Å². The summed E-state index contributed by atoms with van der Waals surface area (Å²) in [6.07, 6.45) is 24.1. The molecule has 0 bridgehead atoms. The largest absolute Gasteiger partial charge is 0.490 e. The Balaban J connectivity index is 2.25. The number of aromatic nitrogens is 1. The normalized spacial score (nSPS) is 11.0. The average molecular weight is 634 g/mol. The first-order chi connectivity index (χ1) is 22.1. The topological polar surface area (TPSA) is 40.6 Å². The molecule has 45 heavy (non-hydrogen) atoms. The summed E-state index contributed by atoms with van der Waals surface area (Å²) in [4.78, 5) is 4.66. The fraction of sp³-hybridized carbons (Fsp3) is 0.675. The Morgan fingerprint density at radius 1 is 0.600 bits per heavy atom. The van der Waals surface area contributed by atoms with Gasteiger partial charge in [0.15, 0.2) is 21.0 Å². The zero-order valence-corrected chi connectivity index (χ0v) is 30.5. The maximum atomic E-state index is 6.49. The summed E-state index contributed by atoms with van der Waals surface area (Å²) in [5, 5.41) is 0. The van der Waals surface area contributed by atoms with Crippen molar-refractivity contribution in [3.8, 4) is 39.8 Å². The molecule has 0 N–H and O–H groups in total. The lowest BCUT2D eigenvalue weighted by atomic mass is 10.1. The molecule has 4 nitrogen and oxygen atoms in total. The zero-order valence-electron chi connectivity index (χ0n) is 29.5. The third-order valence-electron chi connectivity index (χ3n) is 7.92. The summed E-state index contributed by atoms with van der Waals surface area (Å²) in [7, 11) is 0.628. The van der Waals surface area contributed by atoms with Gasteiger partial charge >= 0.3 is 0 Å². The van der Waals surface area contributed by atoms with Gasteiger partial charge < -0.3 is 14.2 Å². The van der Waals surface area contributed by atoms with E-state index in [0.717, 1.165) is 53.3 Å². The van der Waals surface area contributed by atoms with Gasteiger partial charge in [0.25, 0.3) is 0 Å². The molecule has 0 aliphatic rings. The molecule has 1 aromatic heterocycles. The highest BCUT2D eigenvalue weighted by Crippen LogP contribution is 2.42. The molecule has 0 saturated heterocycles. The minimum atomic E-state index is 0.586. The highest BCUT2D eigenvalue weighted by atomic mass is 28.2. The lowest BCUT2D eigenvalue weighted by molar-refractivity contribution is 0.234. The van der Waals surface area contributed by atoms with Gasteiger partial charge in [-0.2, -0.15) is 0 Å². The van der Waals surface area contributed by atoms with E-state index in [1.165, 1.54) is 96.3 Å². The van der Waals surface area contributed by atoms with Crippen LogP contribution in [0.4, 0.5) is 0 Å². The predicted octanol–water partition coefficient (Wildman–Crippen LogP) is 11.8. The zero-order chi connectivity index (χ0) is 32.4. The van der Waals surface area contributed by atoms with Gasteiger partial charge in [-0.1, -0.05) is 143 Å². The molecular weight excluding hydrogens is 571 g/mol. The van der Waals surface area contributed by atoms with Gasteiger partial charge in [-0.15, -0.1) is 5.54 Å². The second-order valence-corrected chi connectivity index (χ2v) is 14.3. The van der Waals surface area contributed by atoms with Crippen LogP contribution in [-0.2, 0) is 0 Å². The number of hydrogen-bond acceptors (Lipinski definition) is 4. The second-order valence-electron chi connectivity index (χ2n) is 12.6. The first-order valence-corrected chi connectivity index (χ1v) is 19.5. The lowest BCUT2D eigenvalue weighted by Crippen LogP contribution is -2.07. The lowest BCUT2D eigenvalue weighted by Gasteiger charge is -2.19. The van der Waals surface area contributed by atoms with Gasteiger partial charge in [0.2, 0.25) is 5.75 Å². The number of unbranched alkanes of at least 4 members (excludes halogenated alkanes) is 15. The molecule has 5 heteroatoms. The van der Waals surface area contributed by atoms with Crippen molar-refractivity contribution in [1.29, 1.82) is 0 Å². The second kappa shape index (κ2) is 25.7. The number of nitrogens with zero attached hydrogens (tertiary/aromatic N) is 1. The third kappa shape index (κ3) is 17.7. The molecule has 2 rings (SSSR count). The summed E-state index contributed by atoms with van der Waals surface area (Å²) in [5.74, 6) is 5.55. The van der Waals surface area contributed by atoms with E-state index in [-0.39, 0.29) is 0 Å². The van der Waals surface area contributed by atoms with Gasteiger partial charge in [0.05, 0.1) is 19.8 Å². The molecule has 0 aliphatic carbocycles. The summed E-state index contributed by atoms with van der Waals surface area (Å²) in [6, 6.07) is 8.36. The van der Waals surface area contributed by atoms with E-state index < -0.39 is 0 Å². The van der Waals surface area contributed by atoms with Crippen LogP contribution in [0.2, 0.25) is 5.54 Å². The number of hydrogen-bond donors (Lipinski definition) is 0. The first-order valence-electron chi connectivity index (χ1n) is 18.4. The molecule has 0 unspecified atom stereocenters. The molecule has 0 spiro atoms. The van der Waals surface area contributed by atoms with Crippen molar-refractivity contribution in [1.82, 2.24) is 4.98 Å². The molecule has 2 aromatic rings. The summed E-state index contributed by atoms with van der Waals surface area (Å²) in [6.45, 7) is 13.2. The van der Waals surface area contributed by atoms with Crippen molar-refractivity contribution < 1.29 is 14.2 Å². The molecule has 0 atom stereocenters. The Hall–Kier alpha value is -2.45. The van der Waals surface area contributed by atoms with E-state index in [2.05, 4.69) is 69.3 Å². The van der Waals surface area contributed by atoms with Crippen LogP contribution < -0.4 is 14.2 Å². The van der Waals surface area contributed by atoms with E-state index >= 15 is 0 Å². The molecule has 0 aliphatic heterocycles. The Labute approximate surface area is 279 Å². The van der Waals surface area contributed by atoms with Crippen molar-refractivity contribution in [2.75, 3.05) is 19.8 Å². The van der Waals surface area contributed by atoms with Crippen LogP contribution in [0, 0.1) is 11.5 Å². The first kappa shape index (κ1) is 38.7. The molecule has 250 valence electrons. The smallest absolute Gasteiger partial charge is 0.203 e. The van der Waals surface area contributed by atoms with Gasteiger partial charge in [0, 0.05) is 11.8 Å². The van der Waals surface area contributed by atoms with Crippen molar-refractivity contribution >= 4 is 9.52 Å². The van der Waals surface area contributed by atoms with Gasteiger partial charge in [-0.3, -0.25) is 0 Å². The monoisotopic (exact) mass is 633 g/mol. The Bertz CT molecular complexity index is 1030. The van der Waals surface area contributed by atoms with Crippen LogP contribution in [0.3, 0.4) is 0 Å².